The van der Waals surface area contributed by atoms with Gasteiger partial charge in [0.1, 0.15) is 6.61 Å². The van der Waals surface area contributed by atoms with Crippen molar-refractivity contribution in [2.45, 2.75) is 13.2 Å². The predicted octanol–water partition coefficient (Wildman–Crippen LogP) is 2.38. The minimum atomic E-state index is 0.552. The summed E-state index contributed by atoms with van der Waals surface area (Å²) in [5.41, 5.74) is 2.13. The molecule has 1 aromatic heterocycles. The molecule has 1 N–H and O–H groups in total. The van der Waals surface area contributed by atoms with E-state index in [1.54, 1.807) is 0 Å². The number of hydrogen-bond donors (Lipinski definition) is 1. The van der Waals surface area contributed by atoms with Crippen LogP contribution < -0.4 is 10.1 Å². The first-order valence-electron chi connectivity index (χ1n) is 5.66. The number of nitrogens with zero attached hydrogens (tertiary/aromatic N) is 1. The average Bonchev–Trinajstić information content (AvgIpc) is 2.39. The van der Waals surface area contributed by atoms with Crippen molar-refractivity contribution in [2.24, 2.45) is 0 Å². The minimum absolute atomic E-state index is 0.552. The molecule has 0 bridgehead atoms. The number of hydrogen-bond acceptors (Lipinski definition) is 3. The van der Waals surface area contributed by atoms with Crippen molar-refractivity contribution in [3.63, 3.8) is 0 Å². The standard InChI is InChI=1S/C14H16N2O/c1-15-10-13-8-5-9-14(16-13)17-11-12-6-3-2-4-7-12/h2-9,15H,10-11H2,1H3. The van der Waals surface area contributed by atoms with Gasteiger partial charge in [0.15, 0.2) is 0 Å². The van der Waals surface area contributed by atoms with Gasteiger partial charge in [-0.05, 0) is 18.7 Å². The highest BCUT2D eigenvalue weighted by Crippen LogP contribution is 2.10. The molecule has 0 spiro atoms. The Morgan fingerprint density at radius 1 is 1.06 bits per heavy atom. The van der Waals surface area contributed by atoms with Gasteiger partial charge in [-0.2, -0.15) is 0 Å². The zero-order valence-electron chi connectivity index (χ0n) is 9.89. The second-order valence-electron chi connectivity index (χ2n) is 3.77. The highest BCUT2D eigenvalue weighted by atomic mass is 16.5. The summed E-state index contributed by atoms with van der Waals surface area (Å²) in [6.45, 7) is 1.30. The highest BCUT2D eigenvalue weighted by Gasteiger charge is 1.98. The van der Waals surface area contributed by atoms with Crippen LogP contribution in [0.1, 0.15) is 11.3 Å². The second-order valence-corrected chi connectivity index (χ2v) is 3.77. The maximum absolute atomic E-state index is 5.64. The summed E-state index contributed by atoms with van der Waals surface area (Å²) in [5.74, 6) is 0.668. The number of nitrogens with one attached hydrogen (secondary N) is 1. The van der Waals surface area contributed by atoms with E-state index >= 15 is 0 Å². The summed E-state index contributed by atoms with van der Waals surface area (Å²) >= 11 is 0. The molecular weight excluding hydrogens is 212 g/mol. The number of aromatic nitrogens is 1. The van der Waals surface area contributed by atoms with Crippen molar-refractivity contribution in [2.75, 3.05) is 7.05 Å². The molecule has 1 aromatic carbocycles. The molecule has 0 aliphatic heterocycles. The van der Waals surface area contributed by atoms with Gasteiger partial charge >= 0.3 is 0 Å². The predicted molar refractivity (Wildman–Crippen MR) is 67.8 cm³/mol. The topological polar surface area (TPSA) is 34.1 Å². The summed E-state index contributed by atoms with van der Waals surface area (Å²) in [7, 11) is 1.90. The van der Waals surface area contributed by atoms with Crippen LogP contribution in [-0.4, -0.2) is 12.0 Å². The van der Waals surface area contributed by atoms with Gasteiger partial charge in [0, 0.05) is 12.6 Å². The molecule has 0 aliphatic rings. The summed E-state index contributed by atoms with van der Waals surface area (Å²) in [6.07, 6.45) is 0. The third kappa shape index (κ3) is 3.57. The third-order valence-corrected chi connectivity index (χ3v) is 2.37. The lowest BCUT2D eigenvalue weighted by Gasteiger charge is -2.06. The van der Waals surface area contributed by atoms with Crippen molar-refractivity contribution >= 4 is 0 Å². The van der Waals surface area contributed by atoms with Gasteiger partial charge in [-0.25, -0.2) is 4.98 Å². The minimum Gasteiger partial charge on any atom is -0.473 e. The fourth-order valence-electron chi connectivity index (χ4n) is 1.55. The fourth-order valence-corrected chi connectivity index (χ4v) is 1.55. The van der Waals surface area contributed by atoms with E-state index < -0.39 is 0 Å². The summed E-state index contributed by atoms with van der Waals surface area (Å²) in [4.78, 5) is 4.39. The normalized spacial score (nSPS) is 10.2. The van der Waals surface area contributed by atoms with Gasteiger partial charge in [0.25, 0.3) is 0 Å². The molecule has 0 radical (unpaired) electrons. The smallest absolute Gasteiger partial charge is 0.213 e. The summed E-state index contributed by atoms with van der Waals surface area (Å²) in [6, 6.07) is 15.9. The van der Waals surface area contributed by atoms with Gasteiger partial charge in [-0.1, -0.05) is 36.4 Å². The van der Waals surface area contributed by atoms with Gasteiger partial charge < -0.3 is 10.1 Å². The lowest BCUT2D eigenvalue weighted by Crippen LogP contribution is -2.07. The van der Waals surface area contributed by atoms with Crippen LogP contribution in [0.2, 0.25) is 0 Å². The molecule has 0 atom stereocenters. The maximum Gasteiger partial charge on any atom is 0.213 e. The molecule has 1 heterocycles. The summed E-state index contributed by atoms with van der Waals surface area (Å²) in [5, 5.41) is 3.07. The monoisotopic (exact) mass is 228 g/mol. The van der Waals surface area contributed by atoms with Gasteiger partial charge in [-0.15, -0.1) is 0 Å². The Bertz CT molecular complexity index is 457. The van der Waals surface area contributed by atoms with Crippen molar-refractivity contribution in [3.05, 3.63) is 59.8 Å². The first-order chi connectivity index (χ1) is 8.38. The van der Waals surface area contributed by atoms with E-state index in [-0.39, 0.29) is 0 Å². The molecule has 0 fully saturated rings. The number of benzene rings is 1. The van der Waals surface area contributed by atoms with E-state index in [4.69, 9.17) is 4.74 Å². The zero-order valence-corrected chi connectivity index (χ0v) is 9.89. The van der Waals surface area contributed by atoms with Gasteiger partial charge in [0.05, 0.1) is 5.69 Å². The van der Waals surface area contributed by atoms with Crippen LogP contribution in [0.4, 0.5) is 0 Å². The second kappa shape index (κ2) is 6.01. The Morgan fingerprint density at radius 3 is 2.65 bits per heavy atom. The van der Waals surface area contributed by atoms with Crippen molar-refractivity contribution < 1.29 is 4.74 Å². The molecule has 0 saturated carbocycles. The number of pyridine rings is 1. The van der Waals surface area contributed by atoms with Gasteiger partial charge in [-0.3, -0.25) is 0 Å². The highest BCUT2D eigenvalue weighted by molar-refractivity contribution is 5.18. The van der Waals surface area contributed by atoms with E-state index in [2.05, 4.69) is 10.3 Å². The van der Waals surface area contributed by atoms with Crippen LogP contribution >= 0.6 is 0 Å². The Labute approximate surface area is 101 Å². The zero-order chi connectivity index (χ0) is 11.9. The Hall–Kier alpha value is -1.87. The lowest BCUT2D eigenvalue weighted by molar-refractivity contribution is 0.293. The maximum atomic E-state index is 5.64. The quantitative estimate of drug-likeness (QED) is 0.853. The average molecular weight is 228 g/mol. The van der Waals surface area contributed by atoms with Crippen LogP contribution in [0.15, 0.2) is 48.5 Å². The Kier molecular flexibility index (Phi) is 4.11. The SMILES string of the molecule is CNCc1cccc(OCc2ccccc2)n1. The molecule has 17 heavy (non-hydrogen) atoms. The Morgan fingerprint density at radius 2 is 1.88 bits per heavy atom. The number of ether oxygens (including phenoxy) is 1. The molecule has 0 saturated heterocycles. The van der Waals surface area contributed by atoms with Crippen molar-refractivity contribution in [3.8, 4) is 5.88 Å². The molecule has 2 aromatic rings. The fraction of sp³-hybridized carbons (Fsp3) is 0.214. The summed E-state index contributed by atoms with van der Waals surface area (Å²) < 4.78 is 5.64. The van der Waals surface area contributed by atoms with Crippen LogP contribution in [0.5, 0.6) is 5.88 Å². The van der Waals surface area contributed by atoms with Crippen molar-refractivity contribution in [1.82, 2.24) is 10.3 Å². The first kappa shape index (κ1) is 11.6. The van der Waals surface area contributed by atoms with Crippen LogP contribution in [-0.2, 0) is 13.2 Å². The van der Waals surface area contributed by atoms with E-state index in [1.807, 2.05) is 55.6 Å². The van der Waals surface area contributed by atoms with E-state index in [9.17, 15) is 0 Å². The van der Waals surface area contributed by atoms with Crippen LogP contribution in [0, 0.1) is 0 Å². The van der Waals surface area contributed by atoms with Crippen LogP contribution in [0.25, 0.3) is 0 Å². The largest absolute Gasteiger partial charge is 0.473 e. The molecule has 3 nitrogen and oxygen atoms in total. The third-order valence-electron chi connectivity index (χ3n) is 2.37. The molecule has 0 unspecified atom stereocenters. The van der Waals surface area contributed by atoms with Crippen molar-refractivity contribution in [1.29, 1.82) is 0 Å². The lowest BCUT2D eigenvalue weighted by atomic mass is 10.2. The van der Waals surface area contributed by atoms with E-state index in [0.717, 1.165) is 17.8 Å². The van der Waals surface area contributed by atoms with E-state index in [0.29, 0.717) is 12.5 Å². The molecular formula is C14H16N2O. The van der Waals surface area contributed by atoms with Crippen LogP contribution in [0.3, 0.4) is 0 Å². The number of rotatable bonds is 5. The van der Waals surface area contributed by atoms with E-state index in [1.165, 1.54) is 0 Å². The molecule has 2 rings (SSSR count). The first-order valence-corrected chi connectivity index (χ1v) is 5.66. The molecule has 0 aliphatic carbocycles. The molecule has 0 amide bonds. The molecule has 88 valence electrons. The molecule has 3 heteroatoms. The Balaban J connectivity index is 1.97. The van der Waals surface area contributed by atoms with Gasteiger partial charge in [0.2, 0.25) is 5.88 Å².